The molecule has 0 N–H and O–H groups in total. The summed E-state index contributed by atoms with van der Waals surface area (Å²) in [5.41, 5.74) is 3.66. The summed E-state index contributed by atoms with van der Waals surface area (Å²) in [6.45, 7) is 10.7. The van der Waals surface area contributed by atoms with Gasteiger partial charge in [0.15, 0.2) is 0 Å². The molecule has 0 saturated heterocycles. The normalized spacial score (nSPS) is 15.0. The molecule has 9 heteroatoms. The molecule has 0 unspecified atom stereocenters. The van der Waals surface area contributed by atoms with Crippen LogP contribution in [0.5, 0.6) is 0 Å². The predicted octanol–water partition coefficient (Wildman–Crippen LogP) is 4.53. The highest BCUT2D eigenvalue weighted by Crippen LogP contribution is 2.38. The van der Waals surface area contributed by atoms with E-state index in [2.05, 4.69) is 22.1 Å². The Morgan fingerprint density at radius 2 is 1.67 bits per heavy atom. The summed E-state index contributed by atoms with van der Waals surface area (Å²) < 4.78 is 3.72. The van der Waals surface area contributed by atoms with E-state index in [1.165, 1.54) is 0 Å². The van der Waals surface area contributed by atoms with E-state index in [-0.39, 0.29) is 17.4 Å². The minimum absolute atomic E-state index is 0.0286. The minimum atomic E-state index is -1.12. The first kappa shape index (κ1) is 30.2. The zero-order valence-corrected chi connectivity index (χ0v) is 26.1. The van der Waals surface area contributed by atoms with Crippen molar-refractivity contribution >= 4 is 34.0 Å². The number of aryl methyl sites for hydroxylation is 3. The van der Waals surface area contributed by atoms with Crippen LogP contribution in [0.3, 0.4) is 0 Å². The van der Waals surface area contributed by atoms with Gasteiger partial charge in [0.2, 0.25) is 11.8 Å². The van der Waals surface area contributed by atoms with Gasteiger partial charge in [0.25, 0.3) is 5.56 Å². The van der Waals surface area contributed by atoms with Crippen LogP contribution in [0.1, 0.15) is 44.1 Å². The lowest BCUT2D eigenvalue weighted by Crippen LogP contribution is -2.47. The lowest BCUT2D eigenvalue weighted by molar-refractivity contribution is -0.137. The molecule has 5 rings (SSSR count). The van der Waals surface area contributed by atoms with Gasteiger partial charge in [-0.15, -0.1) is 0 Å². The van der Waals surface area contributed by atoms with Gasteiger partial charge in [-0.05, 0) is 88.4 Å². The van der Waals surface area contributed by atoms with Crippen molar-refractivity contribution < 1.29 is 9.59 Å². The SMILES string of the molecule is CCN1C(=O)C(C)(C)C(=O)N(C)c2cc(CCCN(CCn3ccc4ccccc4c3=O)Cc3cc(C)nn3C)ccc21. The van der Waals surface area contributed by atoms with Crippen LogP contribution in [0.2, 0.25) is 0 Å². The third-order valence-corrected chi connectivity index (χ3v) is 8.59. The molecule has 0 saturated carbocycles. The second-order valence-electron chi connectivity index (χ2n) is 12.0. The van der Waals surface area contributed by atoms with Gasteiger partial charge in [-0.1, -0.05) is 24.3 Å². The fourth-order valence-electron chi connectivity index (χ4n) is 6.08. The third kappa shape index (κ3) is 5.99. The topological polar surface area (TPSA) is 83.7 Å². The lowest BCUT2D eigenvalue weighted by Gasteiger charge is -2.27. The summed E-state index contributed by atoms with van der Waals surface area (Å²) in [5.74, 6) is -0.377. The van der Waals surface area contributed by atoms with Crippen LogP contribution < -0.4 is 15.4 Å². The van der Waals surface area contributed by atoms with E-state index in [4.69, 9.17) is 0 Å². The quantitative estimate of drug-likeness (QED) is 0.257. The fraction of sp³-hybridized carbons (Fsp3) is 0.412. The van der Waals surface area contributed by atoms with Crippen LogP contribution in [0, 0.1) is 12.3 Å². The standard InChI is InChI=1S/C34H42N6O3/c1-7-40-29-15-14-25(22-30(29)36(5)32(42)34(3,4)33(40)43)11-10-17-38(23-27-21-24(2)35-37(27)6)19-20-39-18-16-26-12-8-9-13-28(26)31(39)41/h8-9,12-16,18,21-22H,7,10-11,17,19-20,23H2,1-6H3. The van der Waals surface area contributed by atoms with Crippen LogP contribution >= 0.6 is 0 Å². The average Bonchev–Trinajstić information content (AvgIpc) is 3.30. The molecule has 2 aromatic carbocycles. The van der Waals surface area contributed by atoms with Crippen LogP contribution in [-0.4, -0.2) is 57.7 Å². The first-order chi connectivity index (χ1) is 20.5. The van der Waals surface area contributed by atoms with Gasteiger partial charge in [-0.2, -0.15) is 5.10 Å². The number of aromatic nitrogens is 3. The van der Waals surface area contributed by atoms with E-state index >= 15 is 0 Å². The summed E-state index contributed by atoms with van der Waals surface area (Å²) in [5, 5.41) is 6.21. The Kier molecular flexibility index (Phi) is 8.55. The Bertz CT molecular complexity index is 1720. The molecule has 3 heterocycles. The first-order valence-corrected chi connectivity index (χ1v) is 15.0. The minimum Gasteiger partial charge on any atom is -0.314 e. The van der Waals surface area contributed by atoms with E-state index < -0.39 is 5.41 Å². The number of hydrogen-bond acceptors (Lipinski definition) is 5. The van der Waals surface area contributed by atoms with Gasteiger partial charge in [-0.3, -0.25) is 24.0 Å². The third-order valence-electron chi connectivity index (χ3n) is 8.59. The number of fused-ring (bicyclic) bond motifs is 2. The molecule has 0 fully saturated rings. The highest BCUT2D eigenvalue weighted by atomic mass is 16.2. The van der Waals surface area contributed by atoms with Crippen molar-refractivity contribution in [3.63, 3.8) is 0 Å². The maximum atomic E-state index is 13.2. The molecule has 43 heavy (non-hydrogen) atoms. The molecule has 1 aliphatic rings. The molecule has 226 valence electrons. The molecule has 0 atom stereocenters. The molecule has 4 aromatic rings. The van der Waals surface area contributed by atoms with Gasteiger partial charge in [-0.25, -0.2) is 0 Å². The number of rotatable bonds is 10. The molecule has 0 radical (unpaired) electrons. The lowest BCUT2D eigenvalue weighted by atomic mass is 9.90. The van der Waals surface area contributed by atoms with Crippen LogP contribution in [0.15, 0.2) is 65.6 Å². The van der Waals surface area contributed by atoms with Crippen LogP contribution in [-0.2, 0) is 36.1 Å². The smallest absolute Gasteiger partial charge is 0.258 e. The van der Waals surface area contributed by atoms with Crippen molar-refractivity contribution in [1.29, 1.82) is 0 Å². The molecular formula is C34H42N6O3. The van der Waals surface area contributed by atoms with Crippen molar-refractivity contribution in [2.75, 3.05) is 36.5 Å². The van der Waals surface area contributed by atoms with Gasteiger partial charge < -0.3 is 14.4 Å². The van der Waals surface area contributed by atoms with Gasteiger partial charge in [0.1, 0.15) is 5.41 Å². The van der Waals surface area contributed by atoms with E-state index in [9.17, 15) is 14.4 Å². The predicted molar refractivity (Wildman–Crippen MR) is 171 cm³/mol. The highest BCUT2D eigenvalue weighted by Gasteiger charge is 2.45. The molecule has 0 bridgehead atoms. The second kappa shape index (κ2) is 12.2. The monoisotopic (exact) mass is 582 g/mol. The van der Waals surface area contributed by atoms with Crippen molar-refractivity contribution in [3.05, 3.63) is 88.1 Å². The molecule has 9 nitrogen and oxygen atoms in total. The molecular weight excluding hydrogens is 540 g/mol. The highest BCUT2D eigenvalue weighted by molar-refractivity contribution is 6.19. The summed E-state index contributed by atoms with van der Waals surface area (Å²) in [4.78, 5) is 45.3. The second-order valence-corrected chi connectivity index (χ2v) is 12.0. The summed E-state index contributed by atoms with van der Waals surface area (Å²) in [7, 11) is 3.72. The molecule has 2 aromatic heterocycles. The summed E-state index contributed by atoms with van der Waals surface area (Å²) in [6, 6.07) is 17.9. The number of benzene rings is 2. The number of amides is 2. The van der Waals surface area contributed by atoms with Gasteiger partial charge in [0, 0.05) is 51.9 Å². The van der Waals surface area contributed by atoms with E-state index in [1.54, 1.807) is 35.3 Å². The molecule has 0 spiro atoms. The van der Waals surface area contributed by atoms with Crippen molar-refractivity contribution in [3.8, 4) is 0 Å². The van der Waals surface area contributed by atoms with E-state index in [0.29, 0.717) is 19.6 Å². The van der Waals surface area contributed by atoms with Crippen LogP contribution in [0.4, 0.5) is 11.4 Å². The molecule has 0 aliphatic carbocycles. The van der Waals surface area contributed by atoms with E-state index in [1.807, 2.05) is 74.2 Å². The number of anilines is 2. The number of pyridine rings is 1. The number of nitrogens with zero attached hydrogens (tertiary/aromatic N) is 6. The largest absolute Gasteiger partial charge is 0.314 e. The van der Waals surface area contributed by atoms with Crippen LogP contribution in [0.25, 0.3) is 10.8 Å². The fourth-order valence-corrected chi connectivity index (χ4v) is 6.08. The summed E-state index contributed by atoms with van der Waals surface area (Å²) in [6.07, 6.45) is 3.59. The van der Waals surface area contributed by atoms with Crippen molar-refractivity contribution in [2.24, 2.45) is 12.5 Å². The Labute approximate surface area is 253 Å². The van der Waals surface area contributed by atoms with Gasteiger partial charge in [0.05, 0.1) is 22.8 Å². The zero-order valence-electron chi connectivity index (χ0n) is 26.1. The molecule has 2 amide bonds. The molecule has 1 aliphatic heterocycles. The van der Waals surface area contributed by atoms with Crippen molar-refractivity contribution in [2.45, 2.75) is 53.6 Å². The van der Waals surface area contributed by atoms with E-state index in [0.717, 1.165) is 65.0 Å². The Morgan fingerprint density at radius 3 is 2.40 bits per heavy atom. The zero-order chi connectivity index (χ0) is 30.9. The average molecular weight is 583 g/mol. The number of carbonyl (C=O) groups excluding carboxylic acids is 2. The van der Waals surface area contributed by atoms with Crippen molar-refractivity contribution in [1.82, 2.24) is 19.2 Å². The Balaban J connectivity index is 1.33. The van der Waals surface area contributed by atoms with Gasteiger partial charge >= 0.3 is 0 Å². The Hall–Kier alpha value is -4.24. The first-order valence-electron chi connectivity index (χ1n) is 15.0. The summed E-state index contributed by atoms with van der Waals surface area (Å²) >= 11 is 0. The Morgan fingerprint density at radius 1 is 0.907 bits per heavy atom. The maximum absolute atomic E-state index is 13.2. The number of hydrogen-bond donors (Lipinski definition) is 0. The number of carbonyl (C=O) groups is 2. The maximum Gasteiger partial charge on any atom is 0.258 e.